The van der Waals surface area contributed by atoms with Gasteiger partial charge in [-0.25, -0.2) is 0 Å². The molecule has 0 amide bonds. The lowest BCUT2D eigenvalue weighted by atomic mass is 10.0. The zero-order valence-corrected chi connectivity index (χ0v) is 36.8. The zero-order chi connectivity index (χ0) is 39.7. The van der Waals surface area contributed by atoms with Crippen molar-refractivity contribution in [3.63, 3.8) is 0 Å². The normalized spacial score (nSPS) is 12.1. The summed E-state index contributed by atoms with van der Waals surface area (Å²) >= 11 is 0. The van der Waals surface area contributed by atoms with Crippen LogP contribution in [0, 0.1) is 11.8 Å². The molecule has 0 heterocycles. The van der Waals surface area contributed by atoms with Crippen molar-refractivity contribution >= 4 is 17.9 Å². The van der Waals surface area contributed by atoms with Gasteiger partial charge in [0.25, 0.3) is 0 Å². The first-order chi connectivity index (χ1) is 26.2. The summed E-state index contributed by atoms with van der Waals surface area (Å²) in [6.07, 6.45) is 39.5. The van der Waals surface area contributed by atoms with Crippen LogP contribution in [0.5, 0.6) is 0 Å². The van der Waals surface area contributed by atoms with Crippen molar-refractivity contribution in [2.45, 2.75) is 265 Å². The number of esters is 3. The van der Waals surface area contributed by atoms with Crippen LogP contribution >= 0.6 is 0 Å². The van der Waals surface area contributed by atoms with E-state index in [4.69, 9.17) is 14.2 Å². The van der Waals surface area contributed by atoms with E-state index in [0.717, 1.165) is 69.6 Å². The molecule has 0 N–H and O–H groups in total. The van der Waals surface area contributed by atoms with Crippen LogP contribution in [0.25, 0.3) is 0 Å². The van der Waals surface area contributed by atoms with Crippen molar-refractivity contribution in [3.05, 3.63) is 0 Å². The number of hydrogen-bond acceptors (Lipinski definition) is 6. The molecule has 0 saturated carbocycles. The summed E-state index contributed by atoms with van der Waals surface area (Å²) in [5.41, 5.74) is 0. The van der Waals surface area contributed by atoms with E-state index >= 15 is 0 Å². The Morgan fingerprint density at radius 3 is 0.907 bits per heavy atom. The van der Waals surface area contributed by atoms with Crippen LogP contribution < -0.4 is 0 Å². The number of rotatable bonds is 42. The molecule has 0 fully saturated rings. The molecule has 6 heteroatoms. The molecule has 6 nitrogen and oxygen atoms in total. The van der Waals surface area contributed by atoms with Crippen LogP contribution in [-0.2, 0) is 28.6 Å². The molecule has 0 aromatic rings. The summed E-state index contributed by atoms with van der Waals surface area (Å²) in [5, 5.41) is 0. The third-order valence-electron chi connectivity index (χ3n) is 10.7. The molecule has 54 heavy (non-hydrogen) atoms. The average Bonchev–Trinajstić information content (AvgIpc) is 3.14. The lowest BCUT2D eigenvalue weighted by molar-refractivity contribution is -0.167. The summed E-state index contributed by atoms with van der Waals surface area (Å²) in [5.74, 6) is 0.763. The van der Waals surface area contributed by atoms with Gasteiger partial charge in [-0.3, -0.25) is 14.4 Å². The van der Waals surface area contributed by atoms with Crippen LogP contribution in [0.2, 0.25) is 0 Å². The molecule has 0 radical (unpaired) electrons. The van der Waals surface area contributed by atoms with Crippen molar-refractivity contribution in [1.29, 1.82) is 0 Å². The van der Waals surface area contributed by atoms with E-state index in [-0.39, 0.29) is 31.1 Å². The van der Waals surface area contributed by atoms with Crippen LogP contribution in [0.3, 0.4) is 0 Å². The Labute approximate surface area is 336 Å². The average molecular weight is 765 g/mol. The summed E-state index contributed by atoms with van der Waals surface area (Å²) in [6.45, 7) is 11.3. The van der Waals surface area contributed by atoms with E-state index in [1.165, 1.54) is 148 Å². The van der Waals surface area contributed by atoms with Gasteiger partial charge in [0.05, 0.1) is 0 Å². The molecular formula is C48H92O6. The Morgan fingerprint density at radius 2 is 0.611 bits per heavy atom. The minimum absolute atomic E-state index is 0.0648. The fourth-order valence-corrected chi connectivity index (χ4v) is 7.11. The van der Waals surface area contributed by atoms with Gasteiger partial charge in [0, 0.05) is 19.3 Å². The van der Waals surface area contributed by atoms with Crippen LogP contribution in [0.4, 0.5) is 0 Å². The smallest absolute Gasteiger partial charge is 0.306 e. The van der Waals surface area contributed by atoms with Gasteiger partial charge in [0.2, 0.25) is 0 Å². The molecule has 0 aliphatic heterocycles. The van der Waals surface area contributed by atoms with Gasteiger partial charge >= 0.3 is 17.9 Å². The highest BCUT2D eigenvalue weighted by Gasteiger charge is 2.19. The first kappa shape index (κ1) is 52.4. The number of ether oxygens (including phenoxy) is 3. The van der Waals surface area contributed by atoms with Gasteiger partial charge in [-0.2, -0.15) is 0 Å². The Hall–Kier alpha value is -1.59. The Morgan fingerprint density at radius 1 is 0.352 bits per heavy atom. The van der Waals surface area contributed by atoms with Crippen LogP contribution in [0.1, 0.15) is 259 Å². The van der Waals surface area contributed by atoms with E-state index in [1.54, 1.807) is 0 Å². The summed E-state index contributed by atoms with van der Waals surface area (Å²) in [6, 6.07) is 0. The van der Waals surface area contributed by atoms with Crippen molar-refractivity contribution in [2.24, 2.45) is 11.8 Å². The maximum atomic E-state index is 12.7. The summed E-state index contributed by atoms with van der Waals surface area (Å²) < 4.78 is 16.7. The van der Waals surface area contributed by atoms with Gasteiger partial charge in [0.1, 0.15) is 13.2 Å². The van der Waals surface area contributed by atoms with Gasteiger partial charge in [-0.1, -0.05) is 221 Å². The van der Waals surface area contributed by atoms with Gasteiger partial charge in [0.15, 0.2) is 6.10 Å². The first-order valence-electron chi connectivity index (χ1n) is 23.7. The SMILES string of the molecule is CCCCCCCCCCCCCC(=O)OC[C@H](COC(=O)CCCCCCCCCCCCCC(C)C)OC(=O)CCCCCCCCCCC(C)C. The standard InChI is InChI=1S/C48H92O6/c1-6-7-8-9-10-11-13-17-23-28-33-38-46(49)52-41-45(54-48(51)40-35-30-25-20-19-22-27-32-37-44(4)5)42-53-47(50)39-34-29-24-18-15-12-14-16-21-26-31-36-43(2)3/h43-45H,6-42H2,1-5H3/t45-/m1/s1. The Bertz CT molecular complexity index is 824. The van der Waals surface area contributed by atoms with Gasteiger partial charge < -0.3 is 14.2 Å². The monoisotopic (exact) mass is 765 g/mol. The Balaban J connectivity index is 4.32. The predicted octanol–water partition coefficient (Wildman–Crippen LogP) is 15.0. The highest BCUT2D eigenvalue weighted by molar-refractivity contribution is 5.71. The largest absolute Gasteiger partial charge is 0.462 e. The Kier molecular flexibility index (Phi) is 39.8. The lowest BCUT2D eigenvalue weighted by Gasteiger charge is -2.18. The molecular weight excluding hydrogens is 673 g/mol. The highest BCUT2D eigenvalue weighted by Crippen LogP contribution is 2.17. The fraction of sp³-hybridized carbons (Fsp3) is 0.938. The van der Waals surface area contributed by atoms with E-state index in [2.05, 4.69) is 34.6 Å². The molecule has 0 unspecified atom stereocenters. The van der Waals surface area contributed by atoms with Crippen molar-refractivity contribution < 1.29 is 28.6 Å². The third kappa shape index (κ3) is 41.6. The van der Waals surface area contributed by atoms with Crippen molar-refractivity contribution in [1.82, 2.24) is 0 Å². The molecule has 0 aliphatic rings. The summed E-state index contributed by atoms with van der Waals surface area (Å²) in [4.78, 5) is 37.7. The second-order valence-electron chi connectivity index (χ2n) is 17.3. The van der Waals surface area contributed by atoms with Crippen molar-refractivity contribution in [3.8, 4) is 0 Å². The maximum absolute atomic E-state index is 12.7. The van der Waals surface area contributed by atoms with E-state index < -0.39 is 6.10 Å². The number of carbonyl (C=O) groups is 3. The molecule has 0 aliphatic carbocycles. The maximum Gasteiger partial charge on any atom is 0.306 e. The van der Waals surface area contributed by atoms with Gasteiger partial charge in [-0.05, 0) is 31.1 Å². The molecule has 0 rings (SSSR count). The van der Waals surface area contributed by atoms with E-state index in [9.17, 15) is 14.4 Å². The van der Waals surface area contributed by atoms with E-state index in [1.807, 2.05) is 0 Å². The highest BCUT2D eigenvalue weighted by atomic mass is 16.6. The zero-order valence-electron chi connectivity index (χ0n) is 36.8. The van der Waals surface area contributed by atoms with Gasteiger partial charge in [-0.15, -0.1) is 0 Å². The second kappa shape index (κ2) is 41.1. The third-order valence-corrected chi connectivity index (χ3v) is 10.7. The molecule has 0 bridgehead atoms. The number of hydrogen-bond donors (Lipinski definition) is 0. The minimum Gasteiger partial charge on any atom is -0.462 e. The summed E-state index contributed by atoms with van der Waals surface area (Å²) in [7, 11) is 0. The molecule has 0 aromatic heterocycles. The molecule has 0 saturated heterocycles. The van der Waals surface area contributed by atoms with Crippen molar-refractivity contribution in [2.75, 3.05) is 13.2 Å². The number of unbranched alkanes of at least 4 members (excludes halogenated alkanes) is 27. The minimum atomic E-state index is -0.760. The molecule has 0 spiro atoms. The lowest BCUT2D eigenvalue weighted by Crippen LogP contribution is -2.30. The molecule has 320 valence electrons. The first-order valence-corrected chi connectivity index (χ1v) is 23.7. The number of carbonyl (C=O) groups excluding carboxylic acids is 3. The quantitative estimate of drug-likeness (QED) is 0.0350. The van der Waals surface area contributed by atoms with Crippen LogP contribution in [0.15, 0.2) is 0 Å². The van der Waals surface area contributed by atoms with E-state index in [0.29, 0.717) is 19.3 Å². The second-order valence-corrected chi connectivity index (χ2v) is 17.3. The molecule has 0 aromatic carbocycles. The predicted molar refractivity (Wildman–Crippen MR) is 229 cm³/mol. The van der Waals surface area contributed by atoms with Crippen LogP contribution in [-0.4, -0.2) is 37.2 Å². The molecule has 1 atom stereocenters. The topological polar surface area (TPSA) is 78.9 Å². The fourth-order valence-electron chi connectivity index (χ4n) is 7.11.